The van der Waals surface area contributed by atoms with Gasteiger partial charge in [-0.15, -0.1) is 0 Å². The number of aromatic nitrogens is 3. The van der Waals surface area contributed by atoms with E-state index in [1.807, 2.05) is 18.7 Å². The predicted octanol–water partition coefficient (Wildman–Crippen LogP) is -0.278. The molecule has 0 spiro atoms. The third-order valence-electron chi connectivity index (χ3n) is 5.28. The molecule has 11 heteroatoms. The molecular formula is C20H28N6O5. The van der Waals surface area contributed by atoms with Crippen LogP contribution in [0.1, 0.15) is 40.5 Å². The van der Waals surface area contributed by atoms with Crippen LogP contribution in [0.3, 0.4) is 0 Å². The molecule has 3 heterocycles. The maximum absolute atomic E-state index is 12.9. The Kier molecular flexibility index (Phi) is 6.44. The molecule has 1 aliphatic heterocycles. The van der Waals surface area contributed by atoms with Crippen LogP contribution in [0.15, 0.2) is 20.2 Å². The maximum Gasteiger partial charge on any atom is 0.332 e. The van der Waals surface area contributed by atoms with Crippen molar-refractivity contribution in [3.8, 4) is 0 Å². The SMILES string of the molecule is Cc1cc(C(=O)N2CCN(CC(=O)c3c(N)n(CC(C)C)c(=O)n(C)c3=O)CC2)on1. The molecule has 31 heavy (non-hydrogen) atoms. The molecule has 2 aromatic rings. The van der Waals surface area contributed by atoms with Crippen LogP contribution in [-0.2, 0) is 13.6 Å². The van der Waals surface area contributed by atoms with Crippen LogP contribution < -0.4 is 17.0 Å². The molecular weight excluding hydrogens is 404 g/mol. The number of hydrogen-bond acceptors (Lipinski definition) is 8. The Morgan fingerprint density at radius 3 is 2.39 bits per heavy atom. The van der Waals surface area contributed by atoms with Gasteiger partial charge in [-0.3, -0.25) is 28.4 Å². The molecule has 1 fully saturated rings. The van der Waals surface area contributed by atoms with E-state index in [0.717, 1.165) is 4.57 Å². The van der Waals surface area contributed by atoms with E-state index in [9.17, 15) is 19.2 Å². The van der Waals surface area contributed by atoms with Crippen LogP contribution in [-0.4, -0.2) is 68.5 Å². The van der Waals surface area contributed by atoms with E-state index in [1.54, 1.807) is 17.9 Å². The minimum Gasteiger partial charge on any atom is -0.384 e. The van der Waals surface area contributed by atoms with Gasteiger partial charge < -0.3 is 15.2 Å². The minimum atomic E-state index is -0.693. The summed E-state index contributed by atoms with van der Waals surface area (Å²) in [4.78, 5) is 53.9. The molecule has 168 valence electrons. The number of carbonyl (C=O) groups is 2. The Bertz CT molecular complexity index is 1100. The van der Waals surface area contributed by atoms with Crippen molar-refractivity contribution < 1.29 is 14.1 Å². The zero-order valence-corrected chi connectivity index (χ0v) is 18.3. The fourth-order valence-corrected chi connectivity index (χ4v) is 3.60. The quantitative estimate of drug-likeness (QED) is 0.616. The number of carbonyl (C=O) groups excluding carboxylic acids is 2. The van der Waals surface area contributed by atoms with Crippen molar-refractivity contribution in [3.63, 3.8) is 0 Å². The smallest absolute Gasteiger partial charge is 0.332 e. The molecule has 2 N–H and O–H groups in total. The van der Waals surface area contributed by atoms with Crippen molar-refractivity contribution in [1.29, 1.82) is 0 Å². The summed E-state index contributed by atoms with van der Waals surface area (Å²) in [6, 6.07) is 1.59. The second kappa shape index (κ2) is 8.88. The highest BCUT2D eigenvalue weighted by molar-refractivity contribution is 6.01. The van der Waals surface area contributed by atoms with Gasteiger partial charge in [0.25, 0.3) is 11.5 Å². The van der Waals surface area contributed by atoms with Crippen molar-refractivity contribution in [2.24, 2.45) is 13.0 Å². The van der Waals surface area contributed by atoms with Crippen molar-refractivity contribution >= 4 is 17.5 Å². The van der Waals surface area contributed by atoms with Crippen molar-refractivity contribution in [2.45, 2.75) is 27.3 Å². The summed E-state index contributed by atoms with van der Waals surface area (Å²) in [7, 11) is 1.34. The minimum absolute atomic E-state index is 0.0250. The summed E-state index contributed by atoms with van der Waals surface area (Å²) >= 11 is 0. The number of hydrogen-bond donors (Lipinski definition) is 1. The summed E-state index contributed by atoms with van der Waals surface area (Å²) in [5, 5.41) is 3.73. The van der Waals surface area contributed by atoms with Crippen LogP contribution in [0.5, 0.6) is 0 Å². The molecule has 0 atom stereocenters. The Labute approximate surface area is 179 Å². The second-order valence-electron chi connectivity index (χ2n) is 8.24. The van der Waals surface area contributed by atoms with Gasteiger partial charge >= 0.3 is 5.69 Å². The van der Waals surface area contributed by atoms with Gasteiger partial charge in [0.05, 0.1) is 12.2 Å². The Morgan fingerprint density at radius 2 is 1.84 bits per heavy atom. The van der Waals surface area contributed by atoms with E-state index in [1.165, 1.54) is 11.6 Å². The molecule has 1 aliphatic rings. The lowest BCUT2D eigenvalue weighted by atomic mass is 10.1. The van der Waals surface area contributed by atoms with Gasteiger partial charge in [-0.2, -0.15) is 0 Å². The Morgan fingerprint density at radius 1 is 1.19 bits per heavy atom. The summed E-state index contributed by atoms with van der Waals surface area (Å²) in [6.45, 7) is 7.58. The second-order valence-corrected chi connectivity index (χ2v) is 8.24. The highest BCUT2D eigenvalue weighted by atomic mass is 16.5. The number of ketones is 1. The first-order valence-electron chi connectivity index (χ1n) is 10.2. The number of rotatable bonds is 6. The first kappa shape index (κ1) is 22.5. The van der Waals surface area contributed by atoms with E-state index < -0.39 is 17.0 Å². The van der Waals surface area contributed by atoms with Crippen LogP contribution >= 0.6 is 0 Å². The van der Waals surface area contributed by atoms with Gasteiger partial charge in [0.1, 0.15) is 11.4 Å². The number of Topliss-reactive ketones (excluding diaryl/α,β-unsaturated/α-hetero) is 1. The average molecular weight is 432 g/mol. The van der Waals surface area contributed by atoms with Crippen LogP contribution in [0, 0.1) is 12.8 Å². The summed E-state index contributed by atoms with van der Waals surface area (Å²) < 4.78 is 7.22. The molecule has 1 amide bonds. The van der Waals surface area contributed by atoms with Gasteiger partial charge in [-0.05, 0) is 12.8 Å². The van der Waals surface area contributed by atoms with Crippen LogP contribution in [0.4, 0.5) is 5.82 Å². The molecule has 3 rings (SSSR count). The lowest BCUT2D eigenvalue weighted by molar-refractivity contribution is 0.0587. The van der Waals surface area contributed by atoms with Crippen LogP contribution in [0.2, 0.25) is 0 Å². The largest absolute Gasteiger partial charge is 0.384 e. The number of piperazine rings is 1. The van der Waals surface area contributed by atoms with Gasteiger partial charge in [0, 0.05) is 45.8 Å². The zero-order chi connectivity index (χ0) is 22.9. The Hall–Kier alpha value is -3.21. The normalized spacial score (nSPS) is 14.9. The van der Waals surface area contributed by atoms with Crippen molar-refractivity contribution in [3.05, 3.63) is 43.9 Å². The molecule has 1 saturated heterocycles. The molecule has 11 nitrogen and oxygen atoms in total. The number of amides is 1. The van der Waals surface area contributed by atoms with Gasteiger partial charge in [-0.1, -0.05) is 19.0 Å². The fraction of sp³-hybridized carbons (Fsp3) is 0.550. The highest BCUT2D eigenvalue weighted by Crippen LogP contribution is 2.12. The summed E-state index contributed by atoms with van der Waals surface area (Å²) in [6.07, 6.45) is 0. The molecule has 2 aromatic heterocycles. The standard InChI is InChI=1S/C20H28N6O5/c1-12(2)10-26-17(21)16(19(29)23(4)20(26)30)14(27)11-24-5-7-25(8-6-24)18(28)15-9-13(3)22-31-15/h9,12H,5-8,10-11,21H2,1-4H3. The Balaban J connectivity index is 1.71. The van der Waals surface area contributed by atoms with E-state index in [4.69, 9.17) is 10.3 Å². The van der Waals surface area contributed by atoms with E-state index in [-0.39, 0.29) is 35.5 Å². The maximum atomic E-state index is 12.9. The predicted molar refractivity (Wildman–Crippen MR) is 113 cm³/mol. The first-order valence-corrected chi connectivity index (χ1v) is 10.2. The highest BCUT2D eigenvalue weighted by Gasteiger charge is 2.28. The molecule has 0 bridgehead atoms. The van der Waals surface area contributed by atoms with Gasteiger partial charge in [-0.25, -0.2) is 4.79 Å². The number of aryl methyl sites for hydroxylation is 1. The average Bonchev–Trinajstić information content (AvgIpc) is 3.16. The molecule has 0 unspecified atom stereocenters. The van der Waals surface area contributed by atoms with Crippen molar-refractivity contribution in [2.75, 3.05) is 38.5 Å². The molecule has 0 saturated carbocycles. The lowest BCUT2D eigenvalue weighted by Gasteiger charge is -2.33. The van der Waals surface area contributed by atoms with Gasteiger partial charge in [0.15, 0.2) is 5.78 Å². The van der Waals surface area contributed by atoms with E-state index in [0.29, 0.717) is 38.4 Å². The van der Waals surface area contributed by atoms with E-state index >= 15 is 0 Å². The third-order valence-corrected chi connectivity index (χ3v) is 5.28. The fourth-order valence-electron chi connectivity index (χ4n) is 3.60. The molecule has 0 aromatic carbocycles. The summed E-state index contributed by atoms with van der Waals surface area (Å²) in [5.74, 6) is -0.488. The lowest BCUT2D eigenvalue weighted by Crippen LogP contribution is -2.50. The number of nitrogens with two attached hydrogens (primary N) is 1. The third kappa shape index (κ3) is 4.61. The zero-order valence-electron chi connectivity index (χ0n) is 18.3. The number of anilines is 1. The van der Waals surface area contributed by atoms with Crippen molar-refractivity contribution in [1.82, 2.24) is 24.1 Å². The van der Waals surface area contributed by atoms with Crippen LogP contribution in [0.25, 0.3) is 0 Å². The number of nitrogen functional groups attached to an aromatic ring is 1. The summed E-state index contributed by atoms with van der Waals surface area (Å²) in [5.41, 5.74) is 5.31. The van der Waals surface area contributed by atoms with E-state index in [2.05, 4.69) is 5.16 Å². The molecule has 0 aliphatic carbocycles. The number of nitrogens with zero attached hydrogens (tertiary/aromatic N) is 5. The monoisotopic (exact) mass is 432 g/mol. The van der Waals surface area contributed by atoms with Gasteiger partial charge in [0.2, 0.25) is 5.76 Å². The first-order chi connectivity index (χ1) is 14.6. The topological polar surface area (TPSA) is 137 Å². The molecule has 0 radical (unpaired) electrons.